The average Bonchev–Trinajstić information content (AvgIpc) is 2.43. The van der Waals surface area contributed by atoms with Gasteiger partial charge in [0.15, 0.2) is 5.78 Å². The van der Waals surface area contributed by atoms with Gasteiger partial charge in [-0.1, -0.05) is 26.0 Å². The molecule has 1 aliphatic carbocycles. The number of allylic oxidation sites excluding steroid dienone is 4. The summed E-state index contributed by atoms with van der Waals surface area (Å²) in [6, 6.07) is 0. The van der Waals surface area contributed by atoms with Gasteiger partial charge in [0.1, 0.15) is 6.61 Å². The SMILES string of the molecule is CC.CCOCC(=O)CCN.N=C1C=CC=CC1=N. The first kappa shape index (κ1) is 19.7. The molecule has 108 valence electrons. The van der Waals surface area contributed by atoms with Crippen molar-refractivity contribution in [3.63, 3.8) is 0 Å². The molecule has 0 aliphatic heterocycles. The van der Waals surface area contributed by atoms with Gasteiger partial charge in [0, 0.05) is 13.0 Å². The smallest absolute Gasteiger partial charge is 0.159 e. The van der Waals surface area contributed by atoms with Gasteiger partial charge in [0.25, 0.3) is 0 Å². The van der Waals surface area contributed by atoms with E-state index in [0.717, 1.165) is 0 Å². The minimum absolute atomic E-state index is 0.0827. The van der Waals surface area contributed by atoms with E-state index in [1.54, 1.807) is 24.3 Å². The fourth-order valence-electron chi connectivity index (χ4n) is 0.932. The predicted molar refractivity (Wildman–Crippen MR) is 80.3 cm³/mol. The third-order valence-corrected chi connectivity index (χ3v) is 1.82. The van der Waals surface area contributed by atoms with Crippen molar-refractivity contribution in [1.82, 2.24) is 0 Å². The van der Waals surface area contributed by atoms with E-state index >= 15 is 0 Å². The topological polar surface area (TPSA) is 100 Å². The van der Waals surface area contributed by atoms with Crippen LogP contribution in [0.3, 0.4) is 0 Å². The molecule has 0 unspecified atom stereocenters. The molecule has 1 aliphatic rings. The molecule has 0 aromatic heterocycles. The normalized spacial score (nSPS) is 12.2. The summed E-state index contributed by atoms with van der Waals surface area (Å²) in [6.45, 7) is 7.09. The van der Waals surface area contributed by atoms with E-state index in [-0.39, 0.29) is 23.8 Å². The Morgan fingerprint density at radius 3 is 2.00 bits per heavy atom. The fraction of sp³-hybridized carbons (Fsp3) is 0.500. The second-order valence-corrected chi connectivity index (χ2v) is 3.26. The van der Waals surface area contributed by atoms with Crippen LogP contribution in [-0.4, -0.2) is 37.0 Å². The Hall–Kier alpha value is -1.59. The Labute approximate surface area is 115 Å². The molecular formula is C14H25N3O2. The molecule has 0 saturated carbocycles. The lowest BCUT2D eigenvalue weighted by molar-refractivity contribution is -0.123. The zero-order valence-corrected chi connectivity index (χ0v) is 12.0. The lowest BCUT2D eigenvalue weighted by Gasteiger charge is -1.96. The van der Waals surface area contributed by atoms with Crippen LogP contribution < -0.4 is 5.73 Å². The number of hydrogen-bond acceptors (Lipinski definition) is 5. The molecule has 0 saturated heterocycles. The Morgan fingerprint density at radius 2 is 1.68 bits per heavy atom. The van der Waals surface area contributed by atoms with E-state index in [9.17, 15) is 4.79 Å². The van der Waals surface area contributed by atoms with Gasteiger partial charge < -0.3 is 10.5 Å². The number of nitrogens with two attached hydrogens (primary N) is 1. The van der Waals surface area contributed by atoms with Crippen LogP contribution in [0, 0.1) is 10.8 Å². The second-order valence-electron chi connectivity index (χ2n) is 3.26. The summed E-state index contributed by atoms with van der Waals surface area (Å²) in [7, 11) is 0. The van der Waals surface area contributed by atoms with Crippen molar-refractivity contribution in [2.24, 2.45) is 5.73 Å². The van der Waals surface area contributed by atoms with Crippen LogP contribution in [0.25, 0.3) is 0 Å². The number of rotatable bonds is 5. The molecule has 5 heteroatoms. The first-order chi connectivity index (χ1) is 9.11. The van der Waals surface area contributed by atoms with Gasteiger partial charge in [-0.25, -0.2) is 0 Å². The van der Waals surface area contributed by atoms with Gasteiger partial charge in [0.2, 0.25) is 0 Å². The molecule has 0 heterocycles. The molecule has 0 spiro atoms. The van der Waals surface area contributed by atoms with Crippen molar-refractivity contribution < 1.29 is 9.53 Å². The summed E-state index contributed by atoms with van der Waals surface area (Å²) in [6.07, 6.45) is 7.13. The van der Waals surface area contributed by atoms with Crippen LogP contribution in [0.4, 0.5) is 0 Å². The van der Waals surface area contributed by atoms with Crippen molar-refractivity contribution in [3.8, 4) is 0 Å². The van der Waals surface area contributed by atoms with E-state index in [0.29, 0.717) is 19.6 Å². The Balaban J connectivity index is 0. The molecule has 0 radical (unpaired) electrons. The molecule has 0 aromatic rings. The van der Waals surface area contributed by atoms with Crippen LogP contribution in [0.2, 0.25) is 0 Å². The molecule has 0 aromatic carbocycles. The van der Waals surface area contributed by atoms with E-state index in [2.05, 4.69) is 0 Å². The van der Waals surface area contributed by atoms with Gasteiger partial charge in [-0.15, -0.1) is 0 Å². The first-order valence-electron chi connectivity index (χ1n) is 6.43. The van der Waals surface area contributed by atoms with E-state index in [1.165, 1.54) is 0 Å². The maximum atomic E-state index is 10.6. The monoisotopic (exact) mass is 267 g/mol. The summed E-state index contributed by atoms with van der Waals surface area (Å²) < 4.78 is 4.84. The number of nitrogens with one attached hydrogen (secondary N) is 2. The number of hydrogen-bond donors (Lipinski definition) is 3. The zero-order chi connectivity index (χ0) is 15.1. The van der Waals surface area contributed by atoms with Crippen molar-refractivity contribution in [2.45, 2.75) is 27.2 Å². The van der Waals surface area contributed by atoms with Gasteiger partial charge in [-0.3, -0.25) is 15.6 Å². The number of Topliss-reactive ketones (excluding diaryl/α,β-unsaturated/α-hetero) is 1. The first-order valence-corrected chi connectivity index (χ1v) is 6.43. The molecular weight excluding hydrogens is 242 g/mol. The largest absolute Gasteiger partial charge is 0.374 e. The average molecular weight is 267 g/mol. The van der Waals surface area contributed by atoms with Gasteiger partial charge in [-0.2, -0.15) is 0 Å². The van der Waals surface area contributed by atoms with E-state index < -0.39 is 0 Å². The van der Waals surface area contributed by atoms with Gasteiger partial charge in [-0.05, 0) is 25.6 Å². The number of carbonyl (C=O) groups is 1. The number of ketones is 1. The van der Waals surface area contributed by atoms with Crippen LogP contribution in [0.5, 0.6) is 0 Å². The van der Waals surface area contributed by atoms with E-state index in [4.69, 9.17) is 21.3 Å². The molecule has 1 rings (SSSR count). The minimum atomic E-state index is 0.0827. The molecule has 0 amide bonds. The molecule has 19 heavy (non-hydrogen) atoms. The van der Waals surface area contributed by atoms with Crippen LogP contribution in [-0.2, 0) is 9.53 Å². The third-order valence-electron chi connectivity index (χ3n) is 1.82. The Morgan fingerprint density at radius 1 is 1.21 bits per heavy atom. The Kier molecular flexibility index (Phi) is 15.0. The standard InChI is InChI=1S/C6H6N2.C6H13NO2.C2H6/c7-5-3-1-2-4-6(5)8;1-2-9-5-6(8)3-4-7;1-2/h1-4,7-8H;2-5,7H2,1H3;1-2H3. The minimum Gasteiger partial charge on any atom is -0.374 e. The summed E-state index contributed by atoms with van der Waals surface area (Å²) >= 11 is 0. The zero-order valence-electron chi connectivity index (χ0n) is 12.0. The molecule has 0 atom stereocenters. The highest BCUT2D eigenvalue weighted by Gasteiger charge is 1.97. The number of ether oxygens (including phenoxy) is 1. The maximum absolute atomic E-state index is 10.6. The summed E-state index contributed by atoms with van der Waals surface area (Å²) in [5.41, 5.74) is 5.69. The van der Waals surface area contributed by atoms with Crippen LogP contribution in [0.1, 0.15) is 27.2 Å². The fourth-order valence-corrected chi connectivity index (χ4v) is 0.932. The molecule has 0 fully saturated rings. The third kappa shape index (κ3) is 12.7. The van der Waals surface area contributed by atoms with Gasteiger partial charge in [0.05, 0.1) is 11.4 Å². The molecule has 5 nitrogen and oxygen atoms in total. The highest BCUT2D eigenvalue weighted by atomic mass is 16.5. The molecule has 0 bridgehead atoms. The van der Waals surface area contributed by atoms with Gasteiger partial charge >= 0.3 is 0 Å². The lowest BCUT2D eigenvalue weighted by atomic mass is 10.1. The summed E-state index contributed by atoms with van der Waals surface area (Å²) in [5, 5.41) is 14.1. The van der Waals surface area contributed by atoms with Crippen LogP contribution in [0.15, 0.2) is 24.3 Å². The second kappa shape index (κ2) is 14.5. The van der Waals surface area contributed by atoms with Crippen molar-refractivity contribution in [3.05, 3.63) is 24.3 Å². The van der Waals surface area contributed by atoms with Crippen molar-refractivity contribution >= 4 is 17.2 Å². The quantitative estimate of drug-likeness (QED) is 0.665. The number of carbonyl (C=O) groups excluding carboxylic acids is 1. The molecule has 4 N–H and O–H groups in total. The maximum Gasteiger partial charge on any atom is 0.159 e. The summed E-state index contributed by atoms with van der Waals surface area (Å²) in [4.78, 5) is 10.6. The summed E-state index contributed by atoms with van der Waals surface area (Å²) in [5.74, 6) is 0.0827. The van der Waals surface area contributed by atoms with Crippen molar-refractivity contribution in [1.29, 1.82) is 10.8 Å². The predicted octanol–water partition coefficient (Wildman–Crippen LogP) is 2.12. The lowest BCUT2D eigenvalue weighted by Crippen LogP contribution is -2.13. The Bertz CT molecular complexity index is 312. The van der Waals surface area contributed by atoms with Crippen LogP contribution >= 0.6 is 0 Å². The van der Waals surface area contributed by atoms with Crippen molar-refractivity contribution in [2.75, 3.05) is 19.8 Å². The highest BCUT2D eigenvalue weighted by Crippen LogP contribution is 1.91. The van der Waals surface area contributed by atoms with E-state index in [1.807, 2.05) is 20.8 Å². The highest BCUT2D eigenvalue weighted by molar-refractivity contribution is 6.48.